The number of rotatable bonds is 3. The molecule has 1 fully saturated rings. The zero-order chi connectivity index (χ0) is 9.68. The van der Waals surface area contributed by atoms with Crippen LogP contribution >= 0.6 is 0 Å². The number of allylic oxidation sites excluding steroid dienone is 2. The molecule has 0 aliphatic heterocycles. The van der Waals surface area contributed by atoms with Gasteiger partial charge < -0.3 is 4.79 Å². The standard InChI is InChI=1S/C11H16O2/c1-9(13)2-3-10-4-6-11(8-12)7-5-10/h2-3,8,10-11H,4-7H2,1H3/b3-2+. The molecule has 0 radical (unpaired) electrons. The Morgan fingerprint density at radius 3 is 2.15 bits per heavy atom. The van der Waals surface area contributed by atoms with Crippen molar-refractivity contribution in [3.63, 3.8) is 0 Å². The van der Waals surface area contributed by atoms with Crippen molar-refractivity contribution in [2.24, 2.45) is 11.8 Å². The van der Waals surface area contributed by atoms with Crippen molar-refractivity contribution in [3.05, 3.63) is 12.2 Å². The summed E-state index contributed by atoms with van der Waals surface area (Å²) in [7, 11) is 0. The van der Waals surface area contributed by atoms with Crippen LogP contribution in [0.15, 0.2) is 12.2 Å². The van der Waals surface area contributed by atoms with Crippen LogP contribution in [0.25, 0.3) is 0 Å². The van der Waals surface area contributed by atoms with Crippen LogP contribution in [0.1, 0.15) is 32.6 Å². The fourth-order valence-electron chi connectivity index (χ4n) is 1.75. The predicted octanol–water partition coefficient (Wildman–Crippen LogP) is 2.14. The molecule has 0 saturated heterocycles. The molecule has 0 aromatic carbocycles. The van der Waals surface area contributed by atoms with Crippen LogP contribution in [0.3, 0.4) is 0 Å². The summed E-state index contributed by atoms with van der Waals surface area (Å²) in [5.41, 5.74) is 0. The number of carbonyl (C=O) groups is 2. The highest BCUT2D eigenvalue weighted by Gasteiger charge is 2.18. The zero-order valence-corrected chi connectivity index (χ0v) is 8.03. The Kier molecular flexibility index (Phi) is 3.87. The highest BCUT2D eigenvalue weighted by molar-refractivity contribution is 5.87. The third kappa shape index (κ3) is 3.53. The summed E-state index contributed by atoms with van der Waals surface area (Å²) in [6, 6.07) is 0. The lowest BCUT2D eigenvalue weighted by atomic mass is 9.82. The minimum atomic E-state index is 0.109. The third-order valence-electron chi connectivity index (χ3n) is 2.61. The van der Waals surface area contributed by atoms with Crippen molar-refractivity contribution < 1.29 is 9.59 Å². The molecule has 0 atom stereocenters. The summed E-state index contributed by atoms with van der Waals surface area (Å²) >= 11 is 0. The van der Waals surface area contributed by atoms with E-state index in [1.54, 1.807) is 13.0 Å². The van der Waals surface area contributed by atoms with E-state index in [-0.39, 0.29) is 11.7 Å². The van der Waals surface area contributed by atoms with Crippen molar-refractivity contribution >= 4 is 12.1 Å². The van der Waals surface area contributed by atoms with E-state index in [0.717, 1.165) is 32.0 Å². The van der Waals surface area contributed by atoms with E-state index < -0.39 is 0 Å². The van der Waals surface area contributed by atoms with Gasteiger partial charge in [0.25, 0.3) is 0 Å². The molecule has 0 spiro atoms. The van der Waals surface area contributed by atoms with E-state index in [4.69, 9.17) is 0 Å². The first-order valence-corrected chi connectivity index (χ1v) is 4.86. The van der Waals surface area contributed by atoms with Crippen LogP contribution in [-0.2, 0) is 9.59 Å². The third-order valence-corrected chi connectivity index (χ3v) is 2.61. The molecule has 1 rings (SSSR count). The monoisotopic (exact) mass is 180 g/mol. The van der Waals surface area contributed by atoms with Gasteiger partial charge in [0.15, 0.2) is 5.78 Å². The highest BCUT2D eigenvalue weighted by Crippen LogP contribution is 2.28. The molecular formula is C11H16O2. The lowest BCUT2D eigenvalue weighted by Crippen LogP contribution is -2.13. The maximum absolute atomic E-state index is 10.7. The van der Waals surface area contributed by atoms with Gasteiger partial charge in [-0.05, 0) is 44.6 Å². The molecule has 0 N–H and O–H groups in total. The Hall–Kier alpha value is -0.920. The SMILES string of the molecule is CC(=O)/C=C/C1CCC(C=O)CC1. The Morgan fingerprint density at radius 1 is 1.15 bits per heavy atom. The molecule has 0 heterocycles. The molecule has 0 aromatic heterocycles. The number of ketones is 1. The first kappa shape index (κ1) is 10.2. The van der Waals surface area contributed by atoms with Gasteiger partial charge in [-0.3, -0.25) is 4.79 Å². The van der Waals surface area contributed by atoms with Gasteiger partial charge in [-0.1, -0.05) is 6.08 Å². The van der Waals surface area contributed by atoms with Crippen molar-refractivity contribution in [1.29, 1.82) is 0 Å². The molecule has 0 unspecified atom stereocenters. The van der Waals surface area contributed by atoms with Gasteiger partial charge >= 0.3 is 0 Å². The van der Waals surface area contributed by atoms with E-state index in [2.05, 4.69) is 0 Å². The Bertz CT molecular complexity index is 210. The van der Waals surface area contributed by atoms with E-state index in [1.807, 2.05) is 6.08 Å². The fourth-order valence-corrected chi connectivity index (χ4v) is 1.75. The van der Waals surface area contributed by atoms with Gasteiger partial charge in [-0.25, -0.2) is 0 Å². The van der Waals surface area contributed by atoms with E-state index in [9.17, 15) is 9.59 Å². The van der Waals surface area contributed by atoms with Gasteiger partial charge in [-0.15, -0.1) is 0 Å². The molecule has 1 saturated carbocycles. The fraction of sp³-hybridized carbons (Fsp3) is 0.636. The van der Waals surface area contributed by atoms with E-state index in [0.29, 0.717) is 5.92 Å². The normalized spacial score (nSPS) is 29.0. The largest absolute Gasteiger partial charge is 0.303 e. The molecule has 2 heteroatoms. The number of hydrogen-bond donors (Lipinski definition) is 0. The van der Waals surface area contributed by atoms with Gasteiger partial charge in [0.05, 0.1) is 0 Å². The van der Waals surface area contributed by atoms with Crippen LogP contribution < -0.4 is 0 Å². The van der Waals surface area contributed by atoms with Gasteiger partial charge in [-0.2, -0.15) is 0 Å². The van der Waals surface area contributed by atoms with Gasteiger partial charge in [0, 0.05) is 5.92 Å². The Balaban J connectivity index is 2.32. The summed E-state index contributed by atoms with van der Waals surface area (Å²) in [5, 5.41) is 0. The topological polar surface area (TPSA) is 34.1 Å². The quantitative estimate of drug-likeness (QED) is 0.492. The van der Waals surface area contributed by atoms with Crippen molar-refractivity contribution in [3.8, 4) is 0 Å². The van der Waals surface area contributed by atoms with E-state index in [1.165, 1.54) is 0 Å². The summed E-state index contributed by atoms with van der Waals surface area (Å²) in [4.78, 5) is 21.1. The summed E-state index contributed by atoms with van der Waals surface area (Å²) in [5.74, 6) is 0.889. The van der Waals surface area contributed by atoms with Crippen molar-refractivity contribution in [2.45, 2.75) is 32.6 Å². The van der Waals surface area contributed by atoms with Crippen LogP contribution in [0, 0.1) is 11.8 Å². The Labute approximate surface area is 79.0 Å². The first-order valence-electron chi connectivity index (χ1n) is 4.86. The summed E-state index contributed by atoms with van der Waals surface area (Å²) in [6.07, 6.45) is 8.76. The molecule has 0 bridgehead atoms. The predicted molar refractivity (Wildman–Crippen MR) is 51.3 cm³/mol. The smallest absolute Gasteiger partial charge is 0.152 e. The molecule has 1 aliphatic rings. The first-order chi connectivity index (χ1) is 6.22. The molecular weight excluding hydrogens is 164 g/mol. The maximum atomic E-state index is 10.7. The summed E-state index contributed by atoms with van der Waals surface area (Å²) in [6.45, 7) is 1.56. The second-order valence-corrected chi connectivity index (χ2v) is 3.78. The molecule has 0 aromatic rings. The molecule has 13 heavy (non-hydrogen) atoms. The van der Waals surface area contributed by atoms with Crippen LogP contribution in [-0.4, -0.2) is 12.1 Å². The lowest BCUT2D eigenvalue weighted by molar-refractivity contribution is -0.113. The minimum absolute atomic E-state index is 0.109. The average molecular weight is 180 g/mol. The summed E-state index contributed by atoms with van der Waals surface area (Å²) < 4.78 is 0. The number of carbonyl (C=O) groups excluding carboxylic acids is 2. The molecule has 2 nitrogen and oxygen atoms in total. The lowest BCUT2D eigenvalue weighted by Gasteiger charge is -2.22. The second-order valence-electron chi connectivity index (χ2n) is 3.78. The average Bonchev–Trinajstić information content (AvgIpc) is 2.15. The highest BCUT2D eigenvalue weighted by atomic mass is 16.1. The maximum Gasteiger partial charge on any atom is 0.152 e. The number of aldehydes is 1. The molecule has 1 aliphatic carbocycles. The molecule has 72 valence electrons. The minimum Gasteiger partial charge on any atom is -0.303 e. The van der Waals surface area contributed by atoms with Crippen LogP contribution in [0.2, 0.25) is 0 Å². The number of hydrogen-bond acceptors (Lipinski definition) is 2. The van der Waals surface area contributed by atoms with Crippen molar-refractivity contribution in [1.82, 2.24) is 0 Å². The van der Waals surface area contributed by atoms with Crippen LogP contribution in [0.4, 0.5) is 0 Å². The van der Waals surface area contributed by atoms with Gasteiger partial charge in [0.2, 0.25) is 0 Å². The van der Waals surface area contributed by atoms with Crippen LogP contribution in [0.5, 0.6) is 0 Å². The zero-order valence-electron chi connectivity index (χ0n) is 8.03. The van der Waals surface area contributed by atoms with Crippen molar-refractivity contribution in [2.75, 3.05) is 0 Å². The van der Waals surface area contributed by atoms with E-state index >= 15 is 0 Å². The Morgan fingerprint density at radius 2 is 1.69 bits per heavy atom. The second kappa shape index (κ2) is 4.95. The molecule has 0 amide bonds. The van der Waals surface area contributed by atoms with Gasteiger partial charge in [0.1, 0.15) is 6.29 Å².